The zero-order valence-corrected chi connectivity index (χ0v) is 16.9. The number of methoxy groups -OCH3 is 1. The van der Waals surface area contributed by atoms with Gasteiger partial charge >= 0.3 is 5.97 Å². The molecular weight excluding hydrogens is 350 g/mol. The number of hydrogen-bond acceptors (Lipinski definition) is 6. The van der Waals surface area contributed by atoms with Crippen molar-refractivity contribution in [1.82, 2.24) is 9.55 Å². The van der Waals surface area contributed by atoms with Gasteiger partial charge in [0.05, 0.1) is 12.8 Å². The zero-order valence-electron chi connectivity index (χ0n) is 16.1. The number of rotatable bonds is 11. The van der Waals surface area contributed by atoms with E-state index in [0.29, 0.717) is 6.42 Å². The van der Waals surface area contributed by atoms with E-state index in [1.807, 2.05) is 6.92 Å². The summed E-state index contributed by atoms with van der Waals surface area (Å²) in [6.07, 6.45) is 2.18. The summed E-state index contributed by atoms with van der Waals surface area (Å²) in [5.74, 6) is -0.160. The van der Waals surface area contributed by atoms with E-state index in [0.717, 1.165) is 55.5 Å². The standard InChI is InChI=1S/C19H29N3O3S/c1-5-25-11-7-9-20-19-21-17(13-26-19)16-12-14(2)22(15(16)3)10-6-8-18(23)24-4/h12-13H,5-11H2,1-4H3,(H,20,21). The summed E-state index contributed by atoms with van der Waals surface area (Å²) in [4.78, 5) is 16.0. The Morgan fingerprint density at radius 2 is 2.15 bits per heavy atom. The predicted octanol–water partition coefficient (Wildman–Crippen LogP) is 4.02. The minimum Gasteiger partial charge on any atom is -0.469 e. The second-order valence-corrected chi connectivity index (χ2v) is 6.99. The average molecular weight is 380 g/mol. The van der Waals surface area contributed by atoms with Crippen LogP contribution in [0.5, 0.6) is 0 Å². The van der Waals surface area contributed by atoms with Crippen LogP contribution in [-0.4, -0.2) is 42.4 Å². The number of carbonyl (C=O) groups is 1. The lowest BCUT2D eigenvalue weighted by Gasteiger charge is -2.09. The van der Waals surface area contributed by atoms with Gasteiger partial charge in [-0.15, -0.1) is 11.3 Å². The van der Waals surface area contributed by atoms with Gasteiger partial charge in [0.1, 0.15) is 0 Å². The highest BCUT2D eigenvalue weighted by molar-refractivity contribution is 7.14. The molecule has 2 rings (SSSR count). The molecule has 144 valence electrons. The van der Waals surface area contributed by atoms with Crippen LogP contribution in [0.2, 0.25) is 0 Å². The number of anilines is 1. The molecule has 0 unspecified atom stereocenters. The molecule has 0 fully saturated rings. The summed E-state index contributed by atoms with van der Waals surface area (Å²) in [7, 11) is 1.43. The number of carbonyl (C=O) groups excluding carboxylic acids is 1. The van der Waals surface area contributed by atoms with Gasteiger partial charge in [-0.1, -0.05) is 0 Å². The summed E-state index contributed by atoms with van der Waals surface area (Å²) in [6, 6.07) is 2.17. The van der Waals surface area contributed by atoms with Crippen molar-refractivity contribution in [3.8, 4) is 11.3 Å². The topological polar surface area (TPSA) is 65.4 Å². The molecule has 0 aromatic carbocycles. The Labute approximate surface area is 159 Å². The normalized spacial score (nSPS) is 10.9. The Bertz CT molecular complexity index is 709. The highest BCUT2D eigenvalue weighted by atomic mass is 32.1. The molecule has 26 heavy (non-hydrogen) atoms. The molecule has 2 heterocycles. The van der Waals surface area contributed by atoms with Crippen molar-refractivity contribution >= 4 is 22.4 Å². The molecule has 0 aliphatic heterocycles. The Balaban J connectivity index is 1.96. The van der Waals surface area contributed by atoms with Gasteiger partial charge in [-0.2, -0.15) is 0 Å². The Morgan fingerprint density at radius 3 is 2.88 bits per heavy atom. The van der Waals surface area contributed by atoms with E-state index in [1.54, 1.807) is 11.3 Å². The zero-order chi connectivity index (χ0) is 18.9. The predicted molar refractivity (Wildman–Crippen MR) is 106 cm³/mol. The monoisotopic (exact) mass is 379 g/mol. The van der Waals surface area contributed by atoms with Crippen molar-refractivity contribution in [2.45, 2.75) is 46.6 Å². The van der Waals surface area contributed by atoms with Crippen LogP contribution in [0.15, 0.2) is 11.4 Å². The smallest absolute Gasteiger partial charge is 0.305 e. The number of thiazole rings is 1. The van der Waals surface area contributed by atoms with Gasteiger partial charge in [-0.3, -0.25) is 4.79 Å². The second-order valence-electron chi connectivity index (χ2n) is 6.13. The van der Waals surface area contributed by atoms with Gasteiger partial charge in [0.15, 0.2) is 5.13 Å². The lowest BCUT2D eigenvalue weighted by molar-refractivity contribution is -0.140. The van der Waals surface area contributed by atoms with E-state index in [2.05, 4.69) is 35.2 Å². The second kappa shape index (κ2) is 10.3. The first-order chi connectivity index (χ1) is 12.6. The van der Waals surface area contributed by atoms with Crippen LogP contribution in [0.25, 0.3) is 11.3 Å². The number of aryl methyl sites for hydroxylation is 1. The van der Waals surface area contributed by atoms with Gasteiger partial charge in [-0.05, 0) is 39.7 Å². The quantitative estimate of drug-likeness (QED) is 0.472. The summed E-state index contributed by atoms with van der Waals surface area (Å²) >= 11 is 1.62. The molecule has 0 saturated heterocycles. The maximum atomic E-state index is 11.3. The first-order valence-electron chi connectivity index (χ1n) is 9.07. The molecule has 0 atom stereocenters. The van der Waals surface area contributed by atoms with Crippen molar-refractivity contribution in [2.24, 2.45) is 0 Å². The van der Waals surface area contributed by atoms with Gasteiger partial charge in [0.25, 0.3) is 0 Å². The average Bonchev–Trinajstić information content (AvgIpc) is 3.20. The summed E-state index contributed by atoms with van der Waals surface area (Å²) < 4.78 is 12.3. The maximum absolute atomic E-state index is 11.3. The molecule has 0 amide bonds. The summed E-state index contributed by atoms with van der Waals surface area (Å²) in [6.45, 7) is 9.40. The fraction of sp³-hybridized carbons (Fsp3) is 0.579. The number of aromatic nitrogens is 2. The minimum absolute atomic E-state index is 0.160. The van der Waals surface area contributed by atoms with Crippen LogP contribution in [0.4, 0.5) is 5.13 Å². The number of ether oxygens (including phenoxy) is 2. The molecule has 2 aromatic heterocycles. The van der Waals surface area contributed by atoms with E-state index in [4.69, 9.17) is 14.5 Å². The largest absolute Gasteiger partial charge is 0.469 e. The molecule has 0 spiro atoms. The Hall–Kier alpha value is -1.86. The van der Waals surface area contributed by atoms with Crippen LogP contribution in [0, 0.1) is 13.8 Å². The van der Waals surface area contributed by atoms with Crippen LogP contribution < -0.4 is 5.32 Å². The first-order valence-corrected chi connectivity index (χ1v) is 9.95. The number of esters is 1. The molecule has 0 bridgehead atoms. The molecule has 0 aliphatic rings. The third kappa shape index (κ3) is 5.57. The van der Waals surface area contributed by atoms with Crippen LogP contribution >= 0.6 is 11.3 Å². The fourth-order valence-corrected chi connectivity index (χ4v) is 3.62. The molecule has 2 aromatic rings. The van der Waals surface area contributed by atoms with E-state index >= 15 is 0 Å². The first kappa shape index (κ1) is 20.5. The molecular formula is C19H29N3O3S. The van der Waals surface area contributed by atoms with E-state index in [9.17, 15) is 4.79 Å². The van der Waals surface area contributed by atoms with Crippen molar-refractivity contribution in [1.29, 1.82) is 0 Å². The van der Waals surface area contributed by atoms with E-state index in [1.165, 1.54) is 18.5 Å². The number of hydrogen-bond donors (Lipinski definition) is 1. The van der Waals surface area contributed by atoms with Crippen molar-refractivity contribution < 1.29 is 14.3 Å². The maximum Gasteiger partial charge on any atom is 0.305 e. The SMILES string of the molecule is CCOCCCNc1nc(-c2cc(C)n(CCCC(=O)OC)c2C)cs1. The van der Waals surface area contributed by atoms with Crippen molar-refractivity contribution in [3.05, 3.63) is 22.8 Å². The third-order valence-electron chi connectivity index (χ3n) is 4.29. The molecule has 1 N–H and O–H groups in total. The Kier molecular flexibility index (Phi) is 8.12. The van der Waals surface area contributed by atoms with Crippen molar-refractivity contribution in [3.63, 3.8) is 0 Å². The van der Waals surface area contributed by atoms with Gasteiger partial charge in [0.2, 0.25) is 0 Å². The van der Waals surface area contributed by atoms with Gasteiger partial charge in [-0.25, -0.2) is 4.98 Å². The Morgan fingerprint density at radius 1 is 1.35 bits per heavy atom. The molecule has 7 heteroatoms. The molecule has 0 aliphatic carbocycles. The lowest BCUT2D eigenvalue weighted by atomic mass is 10.2. The number of nitrogens with zero attached hydrogens (tertiary/aromatic N) is 2. The van der Waals surface area contributed by atoms with Crippen LogP contribution in [-0.2, 0) is 20.8 Å². The highest BCUT2D eigenvalue weighted by Gasteiger charge is 2.14. The fourth-order valence-electron chi connectivity index (χ4n) is 2.88. The van der Waals surface area contributed by atoms with Gasteiger partial charge in [0, 0.05) is 55.1 Å². The number of nitrogens with one attached hydrogen (secondary N) is 1. The minimum atomic E-state index is -0.160. The highest BCUT2D eigenvalue weighted by Crippen LogP contribution is 2.30. The summed E-state index contributed by atoms with van der Waals surface area (Å²) in [5, 5.41) is 6.38. The molecule has 0 radical (unpaired) electrons. The van der Waals surface area contributed by atoms with Gasteiger partial charge < -0.3 is 19.4 Å². The van der Waals surface area contributed by atoms with Crippen LogP contribution in [0.1, 0.15) is 37.6 Å². The van der Waals surface area contributed by atoms with E-state index < -0.39 is 0 Å². The molecule has 0 saturated carbocycles. The molecule has 6 nitrogen and oxygen atoms in total. The lowest BCUT2D eigenvalue weighted by Crippen LogP contribution is -2.06. The van der Waals surface area contributed by atoms with E-state index in [-0.39, 0.29) is 5.97 Å². The third-order valence-corrected chi connectivity index (χ3v) is 5.09. The van der Waals surface area contributed by atoms with Crippen LogP contribution in [0.3, 0.4) is 0 Å². The van der Waals surface area contributed by atoms with Crippen molar-refractivity contribution in [2.75, 3.05) is 32.2 Å². The summed E-state index contributed by atoms with van der Waals surface area (Å²) in [5.41, 5.74) is 4.51.